The minimum absolute atomic E-state index is 0.0253. The third kappa shape index (κ3) is 5.44. The number of carboxylic acid groups (broad SMARTS) is 2. The van der Waals surface area contributed by atoms with Gasteiger partial charge in [-0.05, 0) is 55.5 Å². The summed E-state index contributed by atoms with van der Waals surface area (Å²) in [5.74, 6) is -4.65. The molecule has 0 saturated heterocycles. The molecular formula is C34H34BrN5O7. The van der Waals surface area contributed by atoms with Crippen molar-refractivity contribution in [3.63, 3.8) is 0 Å². The molecule has 2 aromatic carbocycles. The molecular weight excluding hydrogens is 670 g/mol. The molecule has 2 N–H and O–H groups in total. The van der Waals surface area contributed by atoms with Crippen LogP contribution in [0.5, 0.6) is 5.75 Å². The quantitative estimate of drug-likeness (QED) is 0.304. The van der Waals surface area contributed by atoms with Crippen LogP contribution in [-0.2, 0) is 40.5 Å². The Morgan fingerprint density at radius 3 is 2.62 bits per heavy atom. The number of imidazole rings is 1. The smallest absolute Gasteiger partial charge is 0.321 e. The van der Waals surface area contributed by atoms with E-state index in [0.29, 0.717) is 60.6 Å². The molecule has 47 heavy (non-hydrogen) atoms. The minimum atomic E-state index is -2.25. The molecule has 3 aliphatic rings. The van der Waals surface area contributed by atoms with Gasteiger partial charge in [0.15, 0.2) is 5.41 Å². The van der Waals surface area contributed by atoms with Gasteiger partial charge in [-0.1, -0.05) is 47.0 Å². The van der Waals surface area contributed by atoms with Crippen LogP contribution in [0.2, 0.25) is 0 Å². The lowest BCUT2D eigenvalue weighted by molar-refractivity contribution is -0.178. The van der Waals surface area contributed by atoms with E-state index in [1.165, 1.54) is 0 Å². The third-order valence-electron chi connectivity index (χ3n) is 9.84. The Hall–Kier alpha value is -4.70. The summed E-state index contributed by atoms with van der Waals surface area (Å²) in [5.41, 5.74) is 1.52. The Kier molecular flexibility index (Phi) is 8.80. The highest BCUT2D eigenvalue weighted by Gasteiger charge is 2.58. The van der Waals surface area contributed by atoms with Gasteiger partial charge in [-0.3, -0.25) is 19.2 Å². The molecule has 0 unspecified atom stereocenters. The first kappa shape index (κ1) is 32.2. The molecule has 1 fully saturated rings. The molecule has 0 spiro atoms. The molecule has 13 heteroatoms. The van der Waals surface area contributed by atoms with Gasteiger partial charge in [-0.25, -0.2) is 4.98 Å². The van der Waals surface area contributed by atoms with Crippen molar-refractivity contribution in [2.24, 2.45) is 11.3 Å². The molecule has 1 aliphatic carbocycles. The maximum absolute atomic E-state index is 14.6. The van der Waals surface area contributed by atoms with Crippen molar-refractivity contribution < 1.29 is 34.1 Å². The van der Waals surface area contributed by atoms with Crippen LogP contribution in [0.4, 0.5) is 0 Å². The number of aromatic nitrogens is 2. The van der Waals surface area contributed by atoms with Gasteiger partial charge in [0.05, 0.1) is 18.3 Å². The highest BCUT2D eigenvalue weighted by atomic mass is 79.9. The number of hydrogen-bond acceptors (Lipinski definition) is 7. The number of amides is 2. The number of nitrogens with zero attached hydrogens (tertiary/aromatic N) is 5. The Morgan fingerprint density at radius 2 is 1.91 bits per heavy atom. The van der Waals surface area contributed by atoms with Crippen molar-refractivity contribution in [2.75, 3.05) is 13.1 Å². The third-order valence-corrected chi connectivity index (χ3v) is 10.6. The average molecular weight is 705 g/mol. The number of aryl methyl sites for hydroxylation is 1. The zero-order chi connectivity index (χ0) is 33.5. The van der Waals surface area contributed by atoms with Gasteiger partial charge >= 0.3 is 11.9 Å². The zero-order valence-corrected chi connectivity index (χ0v) is 27.4. The number of carbonyl (C=O) groups excluding carboxylic acids is 2. The van der Waals surface area contributed by atoms with Crippen molar-refractivity contribution >= 4 is 39.7 Å². The zero-order valence-electron chi connectivity index (χ0n) is 25.8. The van der Waals surface area contributed by atoms with Gasteiger partial charge in [0.1, 0.15) is 29.8 Å². The second-order valence-corrected chi connectivity index (χ2v) is 13.0. The molecule has 1 saturated carbocycles. The van der Waals surface area contributed by atoms with E-state index in [9.17, 15) is 34.7 Å². The van der Waals surface area contributed by atoms with Gasteiger partial charge in [-0.2, -0.15) is 5.26 Å². The number of hydrogen-bond donors (Lipinski definition) is 2. The van der Waals surface area contributed by atoms with Crippen molar-refractivity contribution in [3.05, 3.63) is 80.8 Å². The Labute approximate surface area is 279 Å². The van der Waals surface area contributed by atoms with Gasteiger partial charge in [-0.15, -0.1) is 0 Å². The first-order valence-corrected chi connectivity index (χ1v) is 16.4. The highest BCUT2D eigenvalue weighted by Crippen LogP contribution is 2.47. The number of halogens is 1. The largest absolute Gasteiger partial charge is 0.487 e. The molecule has 0 radical (unpaired) electrons. The van der Waals surface area contributed by atoms with Gasteiger partial charge in [0, 0.05) is 41.8 Å². The number of rotatable bonds is 9. The summed E-state index contributed by atoms with van der Waals surface area (Å²) in [6, 6.07) is 12.3. The van der Waals surface area contributed by atoms with Crippen LogP contribution >= 0.6 is 15.9 Å². The maximum Gasteiger partial charge on any atom is 0.321 e. The summed E-state index contributed by atoms with van der Waals surface area (Å²) in [6.45, 7) is 3.03. The van der Waals surface area contributed by atoms with Crippen LogP contribution in [0.25, 0.3) is 0 Å². The molecule has 3 heterocycles. The predicted molar refractivity (Wildman–Crippen MR) is 170 cm³/mol. The molecule has 2 aliphatic heterocycles. The van der Waals surface area contributed by atoms with Crippen LogP contribution in [0, 0.1) is 22.7 Å². The van der Waals surface area contributed by atoms with Crippen LogP contribution in [-0.4, -0.2) is 66.4 Å². The standard InChI is InChI=1S/C34H34BrN5O7/c1-2-38-19-37-25(26(38)15-36)18-47-28-11-10-24(35)22-12-14-40(31(42)23-9-5-6-13-34(23,32(43)44)33(45)46)27(29(22)28)17-39-16-20-7-3-4-8-21(20)30(39)41/h3-4,7-8,10-11,19,23,27H,2,5-6,9,12-14,16-18H2,1H3,(H,43,44)(H,45,46)/t23-,27+/m0/s1. The van der Waals surface area contributed by atoms with Crippen molar-refractivity contribution in [3.8, 4) is 11.8 Å². The molecule has 0 bridgehead atoms. The molecule has 244 valence electrons. The number of ether oxygens (including phenoxy) is 1. The van der Waals surface area contributed by atoms with Crippen molar-refractivity contribution in [2.45, 2.75) is 64.8 Å². The van der Waals surface area contributed by atoms with E-state index in [1.54, 1.807) is 38.9 Å². The predicted octanol–water partition coefficient (Wildman–Crippen LogP) is 4.54. The van der Waals surface area contributed by atoms with E-state index in [-0.39, 0.29) is 38.4 Å². The lowest BCUT2D eigenvalue weighted by atomic mass is 9.65. The van der Waals surface area contributed by atoms with E-state index >= 15 is 0 Å². The van der Waals surface area contributed by atoms with E-state index in [1.807, 2.05) is 25.1 Å². The van der Waals surface area contributed by atoms with E-state index < -0.39 is 35.2 Å². The fourth-order valence-electron chi connectivity index (χ4n) is 7.39. The number of nitriles is 1. The normalized spacial score (nSPS) is 19.9. The molecule has 6 rings (SSSR count). The molecule has 2 atom stereocenters. The van der Waals surface area contributed by atoms with Crippen LogP contribution in [0.15, 0.2) is 47.2 Å². The van der Waals surface area contributed by atoms with Gasteiger partial charge in [0.2, 0.25) is 5.91 Å². The second kappa shape index (κ2) is 12.8. The second-order valence-electron chi connectivity index (χ2n) is 12.2. The fourth-order valence-corrected chi connectivity index (χ4v) is 7.93. The lowest BCUT2D eigenvalue weighted by Gasteiger charge is -2.44. The molecule has 2 amide bonds. The van der Waals surface area contributed by atoms with E-state index in [2.05, 4.69) is 27.0 Å². The first-order valence-electron chi connectivity index (χ1n) is 15.6. The van der Waals surface area contributed by atoms with Crippen molar-refractivity contribution in [1.29, 1.82) is 5.26 Å². The SMILES string of the molecule is CCn1cnc(COc2ccc(Br)c3c2[C@@H](CN2Cc4ccccc4C2=O)N(C(=O)[C@@H]2CCCCC2(C(=O)O)C(=O)O)CC3)c1C#N. The fraction of sp³-hybridized carbons (Fsp3) is 0.412. The number of benzene rings is 2. The average Bonchev–Trinajstić information content (AvgIpc) is 3.63. The minimum Gasteiger partial charge on any atom is -0.487 e. The van der Waals surface area contributed by atoms with E-state index in [0.717, 1.165) is 15.6 Å². The van der Waals surface area contributed by atoms with Gasteiger partial charge in [0.25, 0.3) is 5.91 Å². The summed E-state index contributed by atoms with van der Waals surface area (Å²) in [4.78, 5) is 60.9. The van der Waals surface area contributed by atoms with Crippen LogP contribution < -0.4 is 4.74 Å². The first-order chi connectivity index (χ1) is 22.6. The topological polar surface area (TPSA) is 166 Å². The number of aliphatic carboxylic acids is 2. The number of carbonyl (C=O) groups is 4. The van der Waals surface area contributed by atoms with Gasteiger partial charge < -0.3 is 29.3 Å². The Bertz CT molecular complexity index is 1800. The summed E-state index contributed by atoms with van der Waals surface area (Å²) < 4.78 is 8.84. The molecule has 3 aromatic rings. The molecule has 1 aromatic heterocycles. The summed E-state index contributed by atoms with van der Waals surface area (Å²) in [6.07, 6.45) is 2.86. The van der Waals surface area contributed by atoms with Crippen LogP contribution in [0.1, 0.15) is 77.1 Å². The highest BCUT2D eigenvalue weighted by molar-refractivity contribution is 9.10. The lowest BCUT2D eigenvalue weighted by Crippen LogP contribution is -2.56. The summed E-state index contributed by atoms with van der Waals surface area (Å²) >= 11 is 3.66. The maximum atomic E-state index is 14.6. The monoisotopic (exact) mass is 703 g/mol. The van der Waals surface area contributed by atoms with Crippen molar-refractivity contribution in [1.82, 2.24) is 19.4 Å². The van der Waals surface area contributed by atoms with Crippen LogP contribution in [0.3, 0.4) is 0 Å². The Balaban J connectivity index is 1.42. The number of carboxylic acids is 2. The van der Waals surface area contributed by atoms with E-state index in [4.69, 9.17) is 4.74 Å². The molecule has 12 nitrogen and oxygen atoms in total. The summed E-state index contributed by atoms with van der Waals surface area (Å²) in [5, 5.41) is 30.2. The summed E-state index contributed by atoms with van der Waals surface area (Å²) in [7, 11) is 0. The number of fused-ring (bicyclic) bond motifs is 2. The Morgan fingerprint density at radius 1 is 1.15 bits per heavy atom.